The zero-order chi connectivity index (χ0) is 18.1. The van der Waals surface area contributed by atoms with E-state index in [1.807, 2.05) is 22.9 Å². The number of benzene rings is 1. The highest BCUT2D eigenvalue weighted by atomic mass is 32.1. The topological polar surface area (TPSA) is 40.6 Å². The number of nitrogens with zero attached hydrogens (tertiary/aromatic N) is 2. The highest BCUT2D eigenvalue weighted by Gasteiger charge is 2.29. The number of hydrogen-bond donors (Lipinski definition) is 0. The summed E-state index contributed by atoms with van der Waals surface area (Å²) < 4.78 is 0. The number of amides is 2. The van der Waals surface area contributed by atoms with Crippen LogP contribution in [0.4, 0.5) is 0 Å². The van der Waals surface area contributed by atoms with E-state index in [2.05, 4.69) is 29.6 Å². The van der Waals surface area contributed by atoms with Gasteiger partial charge in [-0.3, -0.25) is 9.59 Å². The Morgan fingerprint density at radius 1 is 1.15 bits per heavy atom. The Morgan fingerprint density at radius 2 is 2.00 bits per heavy atom. The Morgan fingerprint density at radius 3 is 2.88 bits per heavy atom. The molecular weight excluding hydrogens is 344 g/mol. The van der Waals surface area contributed by atoms with Gasteiger partial charge in [-0.2, -0.15) is 0 Å². The van der Waals surface area contributed by atoms with Crippen LogP contribution in [0, 0.1) is 0 Å². The number of rotatable bonds is 4. The van der Waals surface area contributed by atoms with Crippen LogP contribution >= 0.6 is 11.3 Å². The fraction of sp³-hybridized carbons (Fsp3) is 0.429. The molecule has 0 saturated carbocycles. The van der Waals surface area contributed by atoms with Gasteiger partial charge in [-0.1, -0.05) is 24.3 Å². The molecule has 4 rings (SSSR count). The van der Waals surface area contributed by atoms with Gasteiger partial charge in [0.1, 0.15) is 0 Å². The van der Waals surface area contributed by atoms with Crippen LogP contribution in [-0.2, 0) is 29.0 Å². The molecule has 0 radical (unpaired) electrons. The summed E-state index contributed by atoms with van der Waals surface area (Å²) in [7, 11) is 1.87. The minimum Gasteiger partial charge on any atom is -0.339 e. The van der Waals surface area contributed by atoms with Gasteiger partial charge in [-0.25, -0.2) is 0 Å². The van der Waals surface area contributed by atoms with E-state index in [0.717, 1.165) is 25.8 Å². The van der Waals surface area contributed by atoms with Gasteiger partial charge in [-0.05, 0) is 47.4 Å². The summed E-state index contributed by atoms with van der Waals surface area (Å²) >= 11 is 1.77. The van der Waals surface area contributed by atoms with Crippen LogP contribution in [0.25, 0.3) is 0 Å². The predicted octanol–water partition coefficient (Wildman–Crippen LogP) is 3.56. The zero-order valence-electron chi connectivity index (χ0n) is 15.1. The minimum absolute atomic E-state index is 0.0632. The van der Waals surface area contributed by atoms with E-state index in [4.69, 9.17) is 0 Å². The maximum Gasteiger partial charge on any atom is 0.223 e. The number of carbonyl (C=O) groups excluding carboxylic acids is 2. The van der Waals surface area contributed by atoms with Crippen molar-refractivity contribution in [1.29, 1.82) is 0 Å². The third-order valence-corrected chi connectivity index (χ3v) is 6.70. The van der Waals surface area contributed by atoms with Crippen LogP contribution in [0.3, 0.4) is 0 Å². The molecule has 26 heavy (non-hydrogen) atoms. The molecule has 2 amide bonds. The first-order valence-corrected chi connectivity index (χ1v) is 10.2. The Balaban J connectivity index is 1.32. The lowest BCUT2D eigenvalue weighted by molar-refractivity contribution is -0.138. The maximum atomic E-state index is 12.6. The van der Waals surface area contributed by atoms with Crippen molar-refractivity contribution in [3.05, 3.63) is 57.3 Å². The van der Waals surface area contributed by atoms with Gasteiger partial charge in [0.05, 0.1) is 6.04 Å². The molecule has 0 fully saturated rings. The average Bonchev–Trinajstić information content (AvgIpc) is 3.31. The molecule has 0 N–H and O–H groups in total. The normalized spacial score (nSPS) is 18.3. The smallest absolute Gasteiger partial charge is 0.223 e. The zero-order valence-corrected chi connectivity index (χ0v) is 15.9. The van der Waals surface area contributed by atoms with Crippen LogP contribution in [0.5, 0.6) is 0 Å². The standard InChI is InChI=1S/C21H24N2O2S/c1-22(18-7-6-15-4-2-3-5-17(15)18)20(24)8-9-21(25)23-12-10-19-16(14-23)11-13-26-19/h2-5,11,13,18H,6-10,12,14H2,1H3. The lowest BCUT2D eigenvalue weighted by atomic mass is 10.1. The summed E-state index contributed by atoms with van der Waals surface area (Å²) in [6.07, 6.45) is 3.53. The molecule has 5 heteroatoms. The first-order chi connectivity index (χ1) is 12.6. The Bertz CT molecular complexity index is 829. The van der Waals surface area contributed by atoms with Gasteiger partial charge in [0.15, 0.2) is 0 Å². The average molecular weight is 369 g/mol. The molecule has 1 aliphatic carbocycles. The number of carbonyl (C=O) groups is 2. The van der Waals surface area contributed by atoms with Gasteiger partial charge >= 0.3 is 0 Å². The second kappa shape index (κ2) is 7.23. The highest BCUT2D eigenvalue weighted by molar-refractivity contribution is 7.10. The molecule has 0 saturated heterocycles. The van der Waals surface area contributed by atoms with Crippen molar-refractivity contribution in [1.82, 2.24) is 9.80 Å². The lowest BCUT2D eigenvalue weighted by Crippen LogP contribution is -2.36. The highest BCUT2D eigenvalue weighted by Crippen LogP contribution is 2.35. The van der Waals surface area contributed by atoms with Gasteiger partial charge in [0.25, 0.3) is 0 Å². The molecular formula is C21H24N2O2S. The van der Waals surface area contributed by atoms with E-state index in [1.165, 1.54) is 21.6 Å². The monoisotopic (exact) mass is 368 g/mol. The molecule has 2 aromatic rings. The molecule has 2 heterocycles. The Hall–Kier alpha value is -2.14. The SMILES string of the molecule is CN(C(=O)CCC(=O)N1CCc2sccc2C1)C1CCc2ccccc21. The first-order valence-electron chi connectivity index (χ1n) is 9.30. The van der Waals surface area contributed by atoms with Crippen LogP contribution in [0.15, 0.2) is 35.7 Å². The van der Waals surface area contributed by atoms with Gasteiger partial charge in [0, 0.05) is 37.9 Å². The number of hydrogen-bond acceptors (Lipinski definition) is 3. The van der Waals surface area contributed by atoms with Crippen molar-refractivity contribution in [2.75, 3.05) is 13.6 Å². The van der Waals surface area contributed by atoms with Crippen molar-refractivity contribution in [2.45, 2.75) is 44.7 Å². The second-order valence-electron chi connectivity index (χ2n) is 7.19. The van der Waals surface area contributed by atoms with Crippen molar-refractivity contribution in [3.8, 4) is 0 Å². The molecule has 1 unspecified atom stereocenters. The van der Waals surface area contributed by atoms with E-state index in [9.17, 15) is 9.59 Å². The van der Waals surface area contributed by atoms with Crippen molar-refractivity contribution >= 4 is 23.2 Å². The molecule has 136 valence electrons. The lowest BCUT2D eigenvalue weighted by Gasteiger charge is -2.28. The van der Waals surface area contributed by atoms with E-state index in [1.54, 1.807) is 11.3 Å². The third-order valence-electron chi connectivity index (χ3n) is 5.68. The molecule has 1 aromatic heterocycles. The molecule has 1 aromatic carbocycles. The van der Waals surface area contributed by atoms with Crippen molar-refractivity contribution < 1.29 is 9.59 Å². The van der Waals surface area contributed by atoms with Crippen LogP contribution < -0.4 is 0 Å². The summed E-state index contributed by atoms with van der Waals surface area (Å²) in [5, 5.41) is 2.09. The Kier molecular flexibility index (Phi) is 4.81. The maximum absolute atomic E-state index is 12.6. The molecule has 4 nitrogen and oxygen atoms in total. The molecule has 1 aliphatic heterocycles. The molecule has 1 atom stereocenters. The van der Waals surface area contributed by atoms with Crippen LogP contribution in [-0.4, -0.2) is 35.2 Å². The van der Waals surface area contributed by atoms with E-state index in [0.29, 0.717) is 19.4 Å². The van der Waals surface area contributed by atoms with E-state index >= 15 is 0 Å². The summed E-state index contributed by atoms with van der Waals surface area (Å²) in [6.45, 7) is 1.46. The van der Waals surface area contributed by atoms with E-state index < -0.39 is 0 Å². The number of aryl methyl sites for hydroxylation is 1. The summed E-state index contributed by atoms with van der Waals surface area (Å²) in [5.74, 6) is 0.156. The first kappa shape index (κ1) is 17.3. The fourth-order valence-electron chi connectivity index (χ4n) is 4.12. The quantitative estimate of drug-likeness (QED) is 0.828. The third kappa shape index (κ3) is 3.28. The molecule has 0 spiro atoms. The van der Waals surface area contributed by atoms with E-state index in [-0.39, 0.29) is 17.9 Å². The van der Waals surface area contributed by atoms with Crippen LogP contribution in [0.2, 0.25) is 0 Å². The van der Waals surface area contributed by atoms with Crippen molar-refractivity contribution in [2.24, 2.45) is 0 Å². The second-order valence-corrected chi connectivity index (χ2v) is 8.19. The Labute approximate surface area is 158 Å². The predicted molar refractivity (Wildman–Crippen MR) is 103 cm³/mol. The summed E-state index contributed by atoms with van der Waals surface area (Å²) in [4.78, 5) is 30.3. The minimum atomic E-state index is 0.0632. The van der Waals surface area contributed by atoms with Crippen molar-refractivity contribution in [3.63, 3.8) is 0 Å². The largest absolute Gasteiger partial charge is 0.339 e. The number of thiophene rings is 1. The number of fused-ring (bicyclic) bond motifs is 2. The summed E-state index contributed by atoms with van der Waals surface area (Å²) in [6, 6.07) is 10.6. The van der Waals surface area contributed by atoms with Gasteiger partial charge < -0.3 is 9.80 Å². The van der Waals surface area contributed by atoms with Crippen LogP contribution in [0.1, 0.15) is 46.9 Å². The molecule has 2 aliphatic rings. The van der Waals surface area contributed by atoms with Gasteiger partial charge in [-0.15, -0.1) is 11.3 Å². The molecule has 0 bridgehead atoms. The van der Waals surface area contributed by atoms with Gasteiger partial charge in [0.2, 0.25) is 11.8 Å². The summed E-state index contributed by atoms with van der Waals surface area (Å²) in [5.41, 5.74) is 3.87. The fourth-order valence-corrected chi connectivity index (χ4v) is 5.01.